The second-order valence-electron chi connectivity index (χ2n) is 8.34. The fourth-order valence-electron chi connectivity index (χ4n) is 3.91. The molecule has 194 valence electrons. The quantitative estimate of drug-likeness (QED) is 0.303. The summed E-state index contributed by atoms with van der Waals surface area (Å²) in [6.07, 6.45) is 1.09. The van der Waals surface area contributed by atoms with Crippen molar-refractivity contribution in [3.63, 3.8) is 0 Å². The Morgan fingerprint density at radius 1 is 0.973 bits per heavy atom. The zero-order valence-electron chi connectivity index (χ0n) is 19.4. The maximum atomic E-state index is 13.1. The van der Waals surface area contributed by atoms with E-state index in [0.29, 0.717) is 36.5 Å². The molecule has 1 aliphatic heterocycles. The number of sulfonamides is 1. The molecule has 0 saturated carbocycles. The van der Waals surface area contributed by atoms with Gasteiger partial charge in [0.25, 0.3) is 27.3 Å². The molecule has 0 bridgehead atoms. The molecular weight excluding hydrogens is 522 g/mol. The second kappa shape index (κ2) is 11.0. The van der Waals surface area contributed by atoms with E-state index in [4.69, 9.17) is 0 Å². The standard InChI is InChI=1S/C23H23N5O7S2/c29-23(16-4-6-19(7-5-16)27(30)31)24-15-21-8-9-22(36-21)37(34,35)26-12-10-17(11-13-26)25-18-2-1-3-20(14-18)28(32)33/h1-9,14,17,25H,10-13,15H2,(H,24,29). The van der Waals surface area contributed by atoms with Gasteiger partial charge >= 0.3 is 0 Å². The largest absolute Gasteiger partial charge is 0.382 e. The fourth-order valence-corrected chi connectivity index (χ4v) is 6.83. The summed E-state index contributed by atoms with van der Waals surface area (Å²) >= 11 is 1.07. The number of carbonyl (C=O) groups excluding carboxylic acids is 1. The number of amides is 1. The van der Waals surface area contributed by atoms with Crippen molar-refractivity contribution in [2.45, 2.75) is 29.6 Å². The SMILES string of the molecule is O=C(NCc1ccc(S(=O)(=O)N2CCC(Nc3cccc([N+](=O)[O-])c3)CC2)s1)c1ccc([N+](=O)[O-])cc1. The maximum Gasteiger partial charge on any atom is 0.271 e. The summed E-state index contributed by atoms with van der Waals surface area (Å²) in [5.41, 5.74) is 0.752. The van der Waals surface area contributed by atoms with Gasteiger partial charge in [-0.1, -0.05) is 6.07 Å². The van der Waals surface area contributed by atoms with Crippen LogP contribution in [0, 0.1) is 20.2 Å². The number of rotatable bonds is 9. The van der Waals surface area contributed by atoms with Crippen LogP contribution in [0.2, 0.25) is 0 Å². The lowest BCUT2D eigenvalue weighted by atomic mass is 10.1. The third-order valence-corrected chi connectivity index (χ3v) is 9.33. The van der Waals surface area contributed by atoms with Gasteiger partial charge in [-0.2, -0.15) is 4.31 Å². The van der Waals surface area contributed by atoms with Crippen LogP contribution in [-0.2, 0) is 16.6 Å². The highest BCUT2D eigenvalue weighted by atomic mass is 32.2. The number of carbonyl (C=O) groups is 1. The zero-order chi connectivity index (χ0) is 26.6. The number of non-ortho nitro benzene ring substituents is 2. The predicted molar refractivity (Wildman–Crippen MR) is 137 cm³/mol. The normalized spacial score (nSPS) is 14.7. The molecular formula is C23H23N5O7S2. The number of piperidine rings is 1. The Labute approximate surface area is 216 Å². The summed E-state index contributed by atoms with van der Waals surface area (Å²) in [5, 5.41) is 27.6. The first kappa shape index (κ1) is 26.2. The molecule has 1 amide bonds. The number of nitro benzene ring substituents is 2. The number of nitrogens with zero attached hydrogens (tertiary/aromatic N) is 3. The molecule has 37 heavy (non-hydrogen) atoms. The van der Waals surface area contributed by atoms with E-state index in [1.54, 1.807) is 18.2 Å². The number of hydrogen-bond donors (Lipinski definition) is 2. The Morgan fingerprint density at radius 3 is 2.30 bits per heavy atom. The van der Waals surface area contributed by atoms with Gasteiger partial charge in [0, 0.05) is 59.5 Å². The van der Waals surface area contributed by atoms with E-state index < -0.39 is 25.8 Å². The fraction of sp³-hybridized carbons (Fsp3) is 0.261. The Hall–Kier alpha value is -3.88. The molecule has 2 N–H and O–H groups in total. The molecule has 12 nitrogen and oxygen atoms in total. The molecule has 1 aromatic heterocycles. The molecule has 4 rings (SSSR count). The molecule has 0 unspecified atom stereocenters. The van der Waals surface area contributed by atoms with Gasteiger partial charge in [-0.15, -0.1) is 11.3 Å². The van der Waals surface area contributed by atoms with E-state index >= 15 is 0 Å². The third-order valence-electron chi connectivity index (χ3n) is 5.88. The van der Waals surface area contributed by atoms with Crippen molar-refractivity contribution in [2.24, 2.45) is 0 Å². The Balaban J connectivity index is 1.31. The van der Waals surface area contributed by atoms with Crippen molar-refractivity contribution in [3.8, 4) is 0 Å². The summed E-state index contributed by atoms with van der Waals surface area (Å²) in [5.74, 6) is -0.425. The van der Waals surface area contributed by atoms with Gasteiger partial charge in [-0.25, -0.2) is 8.42 Å². The van der Waals surface area contributed by atoms with Crippen LogP contribution in [0.4, 0.5) is 17.1 Å². The topological polar surface area (TPSA) is 165 Å². The smallest absolute Gasteiger partial charge is 0.271 e. The number of nitrogens with one attached hydrogen (secondary N) is 2. The highest BCUT2D eigenvalue weighted by Gasteiger charge is 2.30. The summed E-state index contributed by atoms with van der Waals surface area (Å²) in [4.78, 5) is 33.7. The van der Waals surface area contributed by atoms with E-state index in [-0.39, 0.29) is 33.7 Å². The van der Waals surface area contributed by atoms with Crippen LogP contribution >= 0.6 is 11.3 Å². The zero-order valence-corrected chi connectivity index (χ0v) is 21.0. The van der Waals surface area contributed by atoms with Gasteiger partial charge in [0.1, 0.15) is 4.21 Å². The van der Waals surface area contributed by atoms with Gasteiger partial charge in [0.15, 0.2) is 0 Å². The minimum atomic E-state index is -3.70. The van der Waals surface area contributed by atoms with Crippen LogP contribution in [0.25, 0.3) is 0 Å². The highest BCUT2D eigenvalue weighted by Crippen LogP contribution is 2.28. The van der Waals surface area contributed by atoms with Gasteiger partial charge in [0.2, 0.25) is 0 Å². The molecule has 2 aromatic carbocycles. The average Bonchev–Trinajstić information content (AvgIpc) is 3.38. The van der Waals surface area contributed by atoms with Crippen molar-refractivity contribution in [3.05, 3.63) is 91.3 Å². The van der Waals surface area contributed by atoms with Crippen LogP contribution in [0.1, 0.15) is 28.1 Å². The van der Waals surface area contributed by atoms with Crippen LogP contribution in [0.15, 0.2) is 64.9 Å². The van der Waals surface area contributed by atoms with E-state index in [1.165, 1.54) is 46.8 Å². The molecule has 3 aromatic rings. The minimum Gasteiger partial charge on any atom is -0.382 e. The van der Waals surface area contributed by atoms with Gasteiger partial charge in [-0.3, -0.25) is 25.0 Å². The molecule has 1 aliphatic rings. The number of anilines is 1. The summed E-state index contributed by atoms with van der Waals surface area (Å²) < 4.78 is 27.9. The highest BCUT2D eigenvalue weighted by molar-refractivity contribution is 7.91. The number of benzene rings is 2. The molecule has 1 saturated heterocycles. The third kappa shape index (κ3) is 6.28. The number of nitro groups is 2. The van der Waals surface area contributed by atoms with Crippen LogP contribution < -0.4 is 10.6 Å². The van der Waals surface area contributed by atoms with Crippen molar-refractivity contribution in [1.29, 1.82) is 0 Å². The lowest BCUT2D eigenvalue weighted by Crippen LogP contribution is -2.42. The summed E-state index contributed by atoms with van der Waals surface area (Å²) in [6.45, 7) is 0.725. The Bertz CT molecular complexity index is 1420. The van der Waals surface area contributed by atoms with E-state index in [1.807, 2.05) is 0 Å². The average molecular weight is 546 g/mol. The second-order valence-corrected chi connectivity index (χ2v) is 11.7. The predicted octanol–water partition coefficient (Wildman–Crippen LogP) is 3.76. The first-order valence-corrected chi connectivity index (χ1v) is 13.5. The van der Waals surface area contributed by atoms with Gasteiger partial charge < -0.3 is 10.6 Å². The van der Waals surface area contributed by atoms with E-state index in [2.05, 4.69) is 10.6 Å². The first-order valence-electron chi connectivity index (χ1n) is 11.3. The van der Waals surface area contributed by atoms with Crippen LogP contribution in [-0.4, -0.2) is 47.6 Å². The molecule has 14 heteroatoms. The van der Waals surface area contributed by atoms with Crippen molar-refractivity contribution >= 4 is 44.3 Å². The number of thiophene rings is 1. The van der Waals surface area contributed by atoms with E-state index in [9.17, 15) is 33.4 Å². The molecule has 0 aliphatic carbocycles. The molecule has 0 radical (unpaired) electrons. The van der Waals surface area contributed by atoms with Crippen LogP contribution in [0.5, 0.6) is 0 Å². The molecule has 0 atom stereocenters. The lowest BCUT2D eigenvalue weighted by molar-refractivity contribution is -0.385. The Kier molecular flexibility index (Phi) is 7.80. The maximum absolute atomic E-state index is 13.1. The summed E-state index contributed by atoms with van der Waals surface area (Å²) in [7, 11) is -3.70. The first-order chi connectivity index (χ1) is 17.6. The molecule has 1 fully saturated rings. The van der Waals surface area contributed by atoms with Crippen molar-refractivity contribution < 1.29 is 23.1 Å². The number of hydrogen-bond acceptors (Lipinski definition) is 9. The van der Waals surface area contributed by atoms with Crippen molar-refractivity contribution in [1.82, 2.24) is 9.62 Å². The molecule has 2 heterocycles. The van der Waals surface area contributed by atoms with E-state index in [0.717, 1.165) is 11.3 Å². The van der Waals surface area contributed by atoms with Crippen LogP contribution in [0.3, 0.4) is 0 Å². The molecule has 0 spiro atoms. The van der Waals surface area contributed by atoms with Crippen molar-refractivity contribution in [2.75, 3.05) is 18.4 Å². The minimum absolute atomic E-state index is 0.0116. The summed E-state index contributed by atoms with van der Waals surface area (Å²) in [6, 6.07) is 14.6. The monoisotopic (exact) mass is 545 g/mol. The Morgan fingerprint density at radius 2 is 1.65 bits per heavy atom. The van der Waals surface area contributed by atoms with Gasteiger partial charge in [0.05, 0.1) is 16.4 Å². The lowest BCUT2D eigenvalue weighted by Gasteiger charge is -2.31. The van der Waals surface area contributed by atoms with Gasteiger partial charge in [-0.05, 0) is 43.2 Å².